The summed E-state index contributed by atoms with van der Waals surface area (Å²) < 4.78 is 0. The average molecular weight is 125 g/mol. The number of rotatable bonds is 1. The van der Waals surface area contributed by atoms with Crippen LogP contribution < -0.4 is 0 Å². The molecule has 9 heavy (non-hydrogen) atoms. The van der Waals surface area contributed by atoms with E-state index in [-0.39, 0.29) is 0 Å². The van der Waals surface area contributed by atoms with E-state index in [1.54, 1.807) is 18.4 Å². The highest BCUT2D eigenvalue weighted by atomic mass is 16.4. The zero-order valence-electron chi connectivity index (χ0n) is 4.82. The molecule has 0 fully saturated rings. The molecule has 1 N–H and O–H groups in total. The van der Waals surface area contributed by atoms with Gasteiger partial charge in [0, 0.05) is 12.6 Å². The van der Waals surface area contributed by atoms with E-state index in [1.165, 1.54) is 0 Å². The maximum atomic E-state index is 10.2. The Kier molecular flexibility index (Phi) is 1.63. The second-order valence-corrected chi connectivity index (χ2v) is 1.78. The smallest absolute Gasteiger partial charge is 0.332 e. The number of aliphatic carboxylic acids is 1. The molecular formula is C6H7NO2. The third kappa shape index (κ3) is 1.38. The molecule has 1 aliphatic heterocycles. The first-order chi connectivity index (χ1) is 4.30. The molecule has 0 saturated carbocycles. The van der Waals surface area contributed by atoms with E-state index in [0.717, 1.165) is 6.42 Å². The molecule has 0 saturated heterocycles. The molecule has 48 valence electrons. The summed E-state index contributed by atoms with van der Waals surface area (Å²) >= 11 is 0. The summed E-state index contributed by atoms with van der Waals surface area (Å²) in [6.07, 6.45) is 5.75. The Labute approximate surface area is 52.7 Å². The van der Waals surface area contributed by atoms with Crippen molar-refractivity contribution in [3.8, 4) is 0 Å². The van der Waals surface area contributed by atoms with Gasteiger partial charge in [-0.25, -0.2) is 4.79 Å². The van der Waals surface area contributed by atoms with Crippen LogP contribution in [0.2, 0.25) is 0 Å². The van der Waals surface area contributed by atoms with Crippen molar-refractivity contribution < 1.29 is 9.90 Å². The molecule has 1 heterocycles. The van der Waals surface area contributed by atoms with E-state index < -0.39 is 12.0 Å². The number of carboxylic acid groups (broad SMARTS) is 1. The largest absolute Gasteiger partial charge is 0.479 e. The van der Waals surface area contributed by atoms with Crippen molar-refractivity contribution >= 4 is 12.2 Å². The molecule has 1 atom stereocenters. The first-order valence-corrected chi connectivity index (χ1v) is 2.72. The standard InChI is InChI=1S/C6H7NO2/c8-6(9)5-3-1-2-4-7-5/h1,3-5H,2H2,(H,8,9). The Morgan fingerprint density at radius 1 is 1.78 bits per heavy atom. The van der Waals surface area contributed by atoms with Crippen molar-refractivity contribution in [2.24, 2.45) is 4.99 Å². The Bertz CT molecular complexity index is 160. The van der Waals surface area contributed by atoms with Crippen LogP contribution in [0.1, 0.15) is 6.42 Å². The minimum absolute atomic E-state index is 0.640. The van der Waals surface area contributed by atoms with E-state index in [4.69, 9.17) is 5.11 Å². The van der Waals surface area contributed by atoms with Crippen LogP contribution in [0.4, 0.5) is 0 Å². The van der Waals surface area contributed by atoms with Gasteiger partial charge in [-0.15, -0.1) is 0 Å². The second-order valence-electron chi connectivity index (χ2n) is 1.78. The summed E-state index contributed by atoms with van der Waals surface area (Å²) in [6.45, 7) is 0. The minimum atomic E-state index is -0.887. The van der Waals surface area contributed by atoms with Gasteiger partial charge in [-0.05, 0) is 0 Å². The monoisotopic (exact) mass is 125 g/mol. The molecule has 3 nitrogen and oxygen atoms in total. The van der Waals surface area contributed by atoms with Crippen LogP contribution in [-0.2, 0) is 4.79 Å². The van der Waals surface area contributed by atoms with Crippen molar-refractivity contribution in [2.75, 3.05) is 0 Å². The third-order valence-electron chi connectivity index (χ3n) is 1.08. The van der Waals surface area contributed by atoms with E-state index in [9.17, 15) is 4.79 Å². The summed E-state index contributed by atoms with van der Waals surface area (Å²) in [7, 11) is 0. The van der Waals surface area contributed by atoms with Gasteiger partial charge in [0.05, 0.1) is 0 Å². The number of aliphatic imine (C=N–C) groups is 1. The Balaban J connectivity index is 2.60. The van der Waals surface area contributed by atoms with Crippen LogP contribution in [0.25, 0.3) is 0 Å². The van der Waals surface area contributed by atoms with Crippen molar-refractivity contribution in [1.82, 2.24) is 0 Å². The maximum Gasteiger partial charge on any atom is 0.332 e. The highest BCUT2D eigenvalue weighted by Crippen LogP contribution is 1.99. The topological polar surface area (TPSA) is 49.7 Å². The summed E-state index contributed by atoms with van der Waals surface area (Å²) in [5.74, 6) is -0.887. The fourth-order valence-corrected chi connectivity index (χ4v) is 0.639. The van der Waals surface area contributed by atoms with Gasteiger partial charge in [-0.2, -0.15) is 0 Å². The van der Waals surface area contributed by atoms with E-state index >= 15 is 0 Å². The molecule has 0 aromatic carbocycles. The Hall–Kier alpha value is -1.12. The van der Waals surface area contributed by atoms with Gasteiger partial charge < -0.3 is 5.11 Å². The van der Waals surface area contributed by atoms with E-state index in [0.29, 0.717) is 0 Å². The van der Waals surface area contributed by atoms with Crippen LogP contribution in [0.3, 0.4) is 0 Å². The molecule has 0 aliphatic carbocycles. The van der Waals surface area contributed by atoms with Gasteiger partial charge in [0.25, 0.3) is 0 Å². The number of allylic oxidation sites excluding steroid dienone is 1. The lowest BCUT2D eigenvalue weighted by atomic mass is 10.2. The zero-order valence-corrected chi connectivity index (χ0v) is 4.82. The zero-order chi connectivity index (χ0) is 6.69. The lowest BCUT2D eigenvalue weighted by Crippen LogP contribution is -2.16. The number of dihydropyridines is 1. The Morgan fingerprint density at radius 2 is 2.56 bits per heavy atom. The second kappa shape index (κ2) is 2.44. The lowest BCUT2D eigenvalue weighted by molar-refractivity contribution is -0.137. The summed E-state index contributed by atoms with van der Waals surface area (Å²) in [4.78, 5) is 13.9. The molecule has 0 spiro atoms. The molecule has 0 aromatic heterocycles. The summed E-state index contributed by atoms with van der Waals surface area (Å²) in [5.41, 5.74) is 0. The summed E-state index contributed by atoms with van der Waals surface area (Å²) in [6, 6.07) is -0.640. The maximum absolute atomic E-state index is 10.2. The first-order valence-electron chi connectivity index (χ1n) is 2.72. The predicted octanol–water partition coefficient (Wildman–Crippen LogP) is 0.470. The highest BCUT2D eigenvalue weighted by molar-refractivity contribution is 5.79. The van der Waals surface area contributed by atoms with E-state index in [2.05, 4.69) is 4.99 Å². The molecule has 0 amide bonds. The Morgan fingerprint density at radius 3 is 2.89 bits per heavy atom. The SMILES string of the molecule is O=C(O)C1C=CCC=N1. The number of hydrogen-bond donors (Lipinski definition) is 1. The molecule has 0 radical (unpaired) electrons. The first kappa shape index (κ1) is 6.01. The summed E-state index contributed by atoms with van der Waals surface area (Å²) in [5, 5.41) is 8.37. The average Bonchev–Trinajstić information content (AvgIpc) is 1.90. The fraction of sp³-hybridized carbons (Fsp3) is 0.333. The number of carbonyl (C=O) groups is 1. The van der Waals surface area contributed by atoms with Crippen LogP contribution in [0.15, 0.2) is 17.1 Å². The molecule has 1 aliphatic rings. The molecule has 1 rings (SSSR count). The van der Waals surface area contributed by atoms with Gasteiger partial charge in [-0.1, -0.05) is 12.2 Å². The molecule has 3 heteroatoms. The van der Waals surface area contributed by atoms with Gasteiger partial charge in [0.2, 0.25) is 0 Å². The molecule has 0 bridgehead atoms. The van der Waals surface area contributed by atoms with Crippen LogP contribution in [0, 0.1) is 0 Å². The third-order valence-corrected chi connectivity index (χ3v) is 1.08. The fourth-order valence-electron chi connectivity index (χ4n) is 0.639. The lowest BCUT2D eigenvalue weighted by Gasteiger charge is -2.02. The van der Waals surface area contributed by atoms with Gasteiger partial charge in [-0.3, -0.25) is 4.99 Å². The molecule has 1 unspecified atom stereocenters. The quantitative estimate of drug-likeness (QED) is 0.518. The van der Waals surface area contributed by atoms with Crippen molar-refractivity contribution in [3.63, 3.8) is 0 Å². The van der Waals surface area contributed by atoms with Gasteiger partial charge >= 0.3 is 5.97 Å². The van der Waals surface area contributed by atoms with Crippen LogP contribution >= 0.6 is 0 Å². The molecular weight excluding hydrogens is 118 g/mol. The van der Waals surface area contributed by atoms with Crippen LogP contribution in [0.5, 0.6) is 0 Å². The molecule has 0 aromatic rings. The van der Waals surface area contributed by atoms with Crippen molar-refractivity contribution in [3.05, 3.63) is 12.2 Å². The van der Waals surface area contributed by atoms with Crippen molar-refractivity contribution in [1.29, 1.82) is 0 Å². The number of hydrogen-bond acceptors (Lipinski definition) is 2. The predicted molar refractivity (Wildman–Crippen MR) is 33.7 cm³/mol. The minimum Gasteiger partial charge on any atom is -0.479 e. The normalized spacial score (nSPS) is 24.2. The highest BCUT2D eigenvalue weighted by Gasteiger charge is 2.11. The van der Waals surface area contributed by atoms with E-state index in [1.807, 2.05) is 0 Å². The number of carboxylic acids is 1. The van der Waals surface area contributed by atoms with Crippen molar-refractivity contribution in [2.45, 2.75) is 12.5 Å². The van der Waals surface area contributed by atoms with Gasteiger partial charge in [0.1, 0.15) is 0 Å². The number of nitrogens with zero attached hydrogens (tertiary/aromatic N) is 1. The van der Waals surface area contributed by atoms with Crippen LogP contribution in [-0.4, -0.2) is 23.3 Å². The van der Waals surface area contributed by atoms with Gasteiger partial charge in [0.15, 0.2) is 6.04 Å².